The molecule has 2 aromatic rings. The maximum Gasteiger partial charge on any atom is 1.00 e. The molecule has 186 valence electrons. The van der Waals surface area contributed by atoms with Crippen molar-refractivity contribution in [3.63, 3.8) is 0 Å². The number of carbonyl (C=O) groups excluding carboxylic acids is 1. The van der Waals surface area contributed by atoms with Gasteiger partial charge in [-0.1, -0.05) is 13.7 Å². The Labute approximate surface area is 254 Å². The van der Waals surface area contributed by atoms with Gasteiger partial charge < -0.3 is 38.6 Å². The summed E-state index contributed by atoms with van der Waals surface area (Å²) in [6.07, 6.45) is 0.0889. The van der Waals surface area contributed by atoms with Crippen molar-refractivity contribution in [3.8, 4) is 23.0 Å². The SMILES string of the molecule is COc1cc(OC)c(C=CS(=O)(=O)Cc2ccc(OC)c(NC(=O)CP(=O)([O-])[O-])c2)c(OC)c1.[Na+].[Na+]. The van der Waals surface area contributed by atoms with E-state index in [1.54, 1.807) is 12.1 Å². The van der Waals surface area contributed by atoms with Crippen LogP contribution in [0.5, 0.6) is 23.0 Å². The molecule has 15 heteroatoms. The Morgan fingerprint density at radius 2 is 1.50 bits per heavy atom. The molecular formula is C21H24NNa2O10PS. The molecule has 1 N–H and O–H groups in total. The molecule has 11 nitrogen and oxygen atoms in total. The Bertz CT molecular complexity index is 1210. The second kappa shape index (κ2) is 15.4. The minimum Gasteiger partial charge on any atom is -0.810 e. The first-order chi connectivity index (χ1) is 15.9. The Balaban J connectivity index is 0.00000612. The number of benzene rings is 2. The summed E-state index contributed by atoms with van der Waals surface area (Å²) in [6, 6.07) is 7.36. The Morgan fingerprint density at radius 3 is 1.97 bits per heavy atom. The summed E-state index contributed by atoms with van der Waals surface area (Å²) in [4.78, 5) is 33.5. The molecule has 36 heavy (non-hydrogen) atoms. The average molecular weight is 559 g/mol. The maximum atomic E-state index is 12.7. The van der Waals surface area contributed by atoms with Gasteiger partial charge in [-0.05, 0) is 23.8 Å². The van der Waals surface area contributed by atoms with Crippen molar-refractivity contribution in [2.24, 2.45) is 0 Å². The second-order valence-corrected chi connectivity index (χ2v) is 10.3. The van der Waals surface area contributed by atoms with Gasteiger partial charge in [-0.15, -0.1) is 0 Å². The molecule has 0 fully saturated rings. The van der Waals surface area contributed by atoms with Crippen molar-refractivity contribution in [2.45, 2.75) is 5.75 Å². The predicted molar refractivity (Wildman–Crippen MR) is 122 cm³/mol. The monoisotopic (exact) mass is 559 g/mol. The molecule has 0 saturated carbocycles. The Morgan fingerprint density at radius 1 is 0.944 bits per heavy atom. The van der Waals surface area contributed by atoms with Crippen LogP contribution < -0.4 is 93.2 Å². The molecule has 0 aliphatic carbocycles. The van der Waals surface area contributed by atoms with Crippen LogP contribution in [0.3, 0.4) is 0 Å². The molecule has 0 aliphatic heterocycles. The Hall–Kier alpha value is -1.05. The second-order valence-electron chi connectivity index (χ2n) is 6.91. The van der Waals surface area contributed by atoms with Gasteiger partial charge in [0.15, 0.2) is 9.84 Å². The van der Waals surface area contributed by atoms with Crippen LogP contribution in [-0.2, 0) is 24.9 Å². The molecule has 0 aromatic heterocycles. The van der Waals surface area contributed by atoms with Crippen molar-refractivity contribution >= 4 is 35.1 Å². The Kier molecular flexibility index (Phi) is 14.9. The number of hydrogen-bond donors (Lipinski definition) is 1. The van der Waals surface area contributed by atoms with E-state index in [4.69, 9.17) is 18.9 Å². The summed E-state index contributed by atoms with van der Waals surface area (Å²) in [5, 5.41) is 3.24. The fourth-order valence-corrected chi connectivity index (χ4v) is 4.47. The third-order valence-corrected chi connectivity index (χ3v) is 6.40. The van der Waals surface area contributed by atoms with Crippen LogP contribution in [0.1, 0.15) is 11.1 Å². The van der Waals surface area contributed by atoms with E-state index in [0.717, 1.165) is 5.41 Å². The molecule has 0 spiro atoms. The van der Waals surface area contributed by atoms with Gasteiger partial charge >= 0.3 is 59.1 Å². The van der Waals surface area contributed by atoms with Gasteiger partial charge in [-0.3, -0.25) is 4.79 Å². The first-order valence-corrected chi connectivity index (χ1v) is 13.0. The van der Waals surface area contributed by atoms with E-state index in [2.05, 4.69) is 5.32 Å². The fraction of sp³-hybridized carbons (Fsp3) is 0.286. The van der Waals surface area contributed by atoms with E-state index in [-0.39, 0.29) is 76.1 Å². The maximum absolute atomic E-state index is 12.7. The minimum atomic E-state index is -5.07. The molecule has 1 amide bonds. The normalized spacial score (nSPS) is 11.2. The van der Waals surface area contributed by atoms with Crippen LogP contribution in [0.2, 0.25) is 0 Å². The van der Waals surface area contributed by atoms with E-state index in [1.165, 1.54) is 52.7 Å². The van der Waals surface area contributed by atoms with Crippen LogP contribution in [0.4, 0.5) is 5.69 Å². The molecule has 0 bridgehead atoms. The summed E-state index contributed by atoms with van der Waals surface area (Å²) in [5.41, 5.74) is 0.690. The summed E-state index contributed by atoms with van der Waals surface area (Å²) in [6.45, 7) is 0. The molecule has 2 rings (SSSR count). The molecule has 0 saturated heterocycles. The first kappa shape index (κ1) is 35.0. The molecule has 0 radical (unpaired) electrons. The van der Waals surface area contributed by atoms with Crippen molar-refractivity contribution in [1.82, 2.24) is 0 Å². The van der Waals surface area contributed by atoms with Gasteiger partial charge in [-0.2, -0.15) is 0 Å². The third kappa shape index (κ3) is 10.7. The minimum absolute atomic E-state index is 0. The number of hydrogen-bond acceptors (Lipinski definition) is 10. The first-order valence-electron chi connectivity index (χ1n) is 9.60. The van der Waals surface area contributed by atoms with Crippen molar-refractivity contribution in [2.75, 3.05) is 39.9 Å². The van der Waals surface area contributed by atoms with E-state index < -0.39 is 35.3 Å². The van der Waals surface area contributed by atoms with Gasteiger partial charge in [0.05, 0.1) is 51.6 Å². The number of rotatable bonds is 11. The van der Waals surface area contributed by atoms with Crippen LogP contribution in [0.15, 0.2) is 35.7 Å². The zero-order chi connectivity index (χ0) is 25.5. The topological polar surface area (TPSA) is 163 Å². The van der Waals surface area contributed by atoms with Gasteiger partial charge in [-0.25, -0.2) is 8.42 Å². The molecule has 2 aromatic carbocycles. The zero-order valence-electron chi connectivity index (χ0n) is 20.9. The smallest absolute Gasteiger partial charge is 0.810 e. The number of amides is 1. The van der Waals surface area contributed by atoms with E-state index in [9.17, 15) is 27.6 Å². The van der Waals surface area contributed by atoms with Crippen molar-refractivity contribution in [1.29, 1.82) is 0 Å². The third-order valence-electron chi connectivity index (χ3n) is 4.44. The van der Waals surface area contributed by atoms with Crippen LogP contribution in [0.25, 0.3) is 6.08 Å². The zero-order valence-corrected chi connectivity index (χ0v) is 26.6. The number of ether oxygens (including phenoxy) is 4. The van der Waals surface area contributed by atoms with Crippen LogP contribution >= 0.6 is 7.60 Å². The van der Waals surface area contributed by atoms with Crippen molar-refractivity contribution in [3.05, 3.63) is 46.9 Å². The summed E-state index contributed by atoms with van der Waals surface area (Å²) < 4.78 is 57.2. The number of anilines is 1. The summed E-state index contributed by atoms with van der Waals surface area (Å²) in [5.74, 6) is -0.211. The molecule has 0 unspecified atom stereocenters. The van der Waals surface area contributed by atoms with Crippen LogP contribution in [0, 0.1) is 0 Å². The van der Waals surface area contributed by atoms with Gasteiger partial charge in [0, 0.05) is 17.5 Å². The summed E-state index contributed by atoms with van der Waals surface area (Å²) in [7, 11) is -3.26. The summed E-state index contributed by atoms with van der Waals surface area (Å²) >= 11 is 0. The molecule has 0 atom stereocenters. The number of nitrogens with one attached hydrogen (secondary N) is 1. The molecule has 0 heterocycles. The van der Waals surface area contributed by atoms with E-state index in [1.807, 2.05) is 0 Å². The van der Waals surface area contributed by atoms with Crippen LogP contribution in [-0.4, -0.2) is 48.9 Å². The van der Waals surface area contributed by atoms with Gasteiger partial charge in [0.1, 0.15) is 23.0 Å². The standard InChI is InChI=1S/C21H26NO10PS.2Na/c1-29-15-10-19(31-3)16(20(11-15)32-4)7-8-34(27,28)13-14-5-6-18(30-2)17(9-14)22-21(23)12-33(24,25)26;;/h5-11H,12-13H2,1-4H3,(H,22,23)(H2,24,25,26);;/q;2*+1/p-2. The van der Waals surface area contributed by atoms with Crippen molar-refractivity contribution < 1.29 is 106 Å². The van der Waals surface area contributed by atoms with Gasteiger partial charge in [0.25, 0.3) is 0 Å². The quantitative estimate of drug-likeness (QED) is 0.209. The fourth-order valence-electron chi connectivity index (χ4n) is 2.96. The van der Waals surface area contributed by atoms with E-state index in [0.29, 0.717) is 22.8 Å². The number of carbonyl (C=O) groups is 1. The average Bonchev–Trinajstić information content (AvgIpc) is 2.75. The number of sulfone groups is 1. The van der Waals surface area contributed by atoms with E-state index >= 15 is 0 Å². The largest absolute Gasteiger partial charge is 1.00 e. The predicted octanol–water partition coefficient (Wildman–Crippen LogP) is -4.83. The molecular weight excluding hydrogens is 535 g/mol. The number of methoxy groups -OCH3 is 4. The molecule has 0 aliphatic rings. The van der Waals surface area contributed by atoms with Gasteiger partial charge in [0.2, 0.25) is 5.91 Å².